The number of carbonyl (C=O) groups is 3. The zero-order chi connectivity index (χ0) is 28.3. The minimum Gasteiger partial charge on any atom is -0.444 e. The first-order valence-corrected chi connectivity index (χ1v) is 13.5. The molecule has 1 saturated heterocycles. The number of nitrogens with zero attached hydrogens (tertiary/aromatic N) is 4. The van der Waals surface area contributed by atoms with E-state index in [1.165, 1.54) is 0 Å². The molecule has 2 aromatic heterocycles. The molecule has 10 heteroatoms. The highest BCUT2D eigenvalue weighted by atomic mass is 16.6. The van der Waals surface area contributed by atoms with Gasteiger partial charge in [-0.25, -0.2) is 14.3 Å². The fraction of sp³-hybridized carbons (Fsp3) is 0.483. The maximum absolute atomic E-state index is 12.7. The molecular weight excluding hydrogens is 496 g/mol. The third-order valence-electron chi connectivity index (χ3n) is 6.82. The van der Waals surface area contributed by atoms with Gasteiger partial charge in [0, 0.05) is 47.9 Å². The average molecular weight is 535 g/mol. The van der Waals surface area contributed by atoms with Gasteiger partial charge in [-0.05, 0) is 77.6 Å². The van der Waals surface area contributed by atoms with E-state index < -0.39 is 5.60 Å². The van der Waals surface area contributed by atoms with E-state index >= 15 is 0 Å². The molecule has 0 unspecified atom stereocenters. The van der Waals surface area contributed by atoms with Gasteiger partial charge in [-0.3, -0.25) is 20.4 Å². The van der Waals surface area contributed by atoms with Crippen molar-refractivity contribution in [3.63, 3.8) is 0 Å². The number of ether oxygens (including phenoxy) is 1. The van der Waals surface area contributed by atoms with Crippen molar-refractivity contribution in [2.24, 2.45) is 5.92 Å². The largest absolute Gasteiger partial charge is 0.444 e. The number of hydrogen-bond acceptors (Lipinski definition) is 6. The van der Waals surface area contributed by atoms with Crippen LogP contribution in [0.25, 0.3) is 5.65 Å². The van der Waals surface area contributed by atoms with Crippen LogP contribution in [-0.4, -0.2) is 56.1 Å². The molecule has 39 heavy (non-hydrogen) atoms. The van der Waals surface area contributed by atoms with Crippen LogP contribution in [-0.2, 0) is 22.4 Å². The summed E-state index contributed by atoms with van der Waals surface area (Å²) in [6.45, 7) is 12.4. The predicted octanol–water partition coefficient (Wildman–Crippen LogP) is 3.91. The maximum Gasteiger partial charge on any atom is 0.410 e. The first-order chi connectivity index (χ1) is 18.4. The van der Waals surface area contributed by atoms with Crippen molar-refractivity contribution >= 4 is 23.6 Å². The second kappa shape index (κ2) is 11.4. The smallest absolute Gasteiger partial charge is 0.410 e. The third kappa shape index (κ3) is 6.74. The molecule has 10 nitrogen and oxygen atoms in total. The zero-order valence-corrected chi connectivity index (χ0v) is 23.6. The van der Waals surface area contributed by atoms with Crippen LogP contribution < -0.4 is 10.9 Å². The highest BCUT2D eigenvalue weighted by molar-refractivity contribution is 5.95. The SMILES string of the molecule is CCc1nn2c(C)cc(C)nc2c1Cc1ccc(C(=O)NNC(=O)C2CCN(C(=O)OC(C)(C)C)CC2)cc1. The second-order valence-corrected chi connectivity index (χ2v) is 11.1. The molecule has 3 aromatic rings. The molecule has 1 aliphatic rings. The number of nitrogens with one attached hydrogen (secondary N) is 2. The number of fused-ring (bicyclic) bond motifs is 1. The highest BCUT2D eigenvalue weighted by Crippen LogP contribution is 2.22. The van der Waals surface area contributed by atoms with Crippen LogP contribution in [0.4, 0.5) is 4.79 Å². The Labute approximate surface area is 229 Å². The lowest BCUT2D eigenvalue weighted by molar-refractivity contribution is -0.127. The van der Waals surface area contributed by atoms with E-state index in [0.29, 0.717) is 37.9 Å². The van der Waals surface area contributed by atoms with Gasteiger partial charge in [0.15, 0.2) is 5.65 Å². The normalized spacial score (nSPS) is 14.4. The van der Waals surface area contributed by atoms with Gasteiger partial charge < -0.3 is 9.64 Å². The summed E-state index contributed by atoms with van der Waals surface area (Å²) in [6.07, 6.45) is 2.10. The summed E-state index contributed by atoms with van der Waals surface area (Å²) in [4.78, 5) is 43.8. The summed E-state index contributed by atoms with van der Waals surface area (Å²) >= 11 is 0. The first kappa shape index (κ1) is 28.1. The Morgan fingerprint density at radius 1 is 1.05 bits per heavy atom. The van der Waals surface area contributed by atoms with Crippen molar-refractivity contribution in [1.82, 2.24) is 30.3 Å². The Bertz CT molecular complexity index is 1370. The van der Waals surface area contributed by atoms with Crippen LogP contribution in [0.5, 0.6) is 0 Å². The van der Waals surface area contributed by atoms with Crippen molar-refractivity contribution in [1.29, 1.82) is 0 Å². The molecule has 0 atom stereocenters. The number of rotatable bonds is 5. The summed E-state index contributed by atoms with van der Waals surface area (Å²) in [5, 5.41) is 4.74. The van der Waals surface area contributed by atoms with Crippen LogP contribution >= 0.6 is 0 Å². The van der Waals surface area contributed by atoms with E-state index in [-0.39, 0.29) is 23.8 Å². The molecular formula is C29H38N6O4. The van der Waals surface area contributed by atoms with Crippen LogP contribution in [0.15, 0.2) is 30.3 Å². The number of benzene rings is 1. The number of amides is 3. The van der Waals surface area contributed by atoms with E-state index in [4.69, 9.17) is 14.8 Å². The van der Waals surface area contributed by atoms with Gasteiger partial charge in [-0.1, -0.05) is 19.1 Å². The molecule has 0 saturated carbocycles. The number of aryl methyl sites for hydroxylation is 3. The first-order valence-electron chi connectivity index (χ1n) is 13.5. The Balaban J connectivity index is 1.31. The number of hydrazine groups is 1. The van der Waals surface area contributed by atoms with Crippen molar-refractivity contribution in [2.75, 3.05) is 13.1 Å². The highest BCUT2D eigenvalue weighted by Gasteiger charge is 2.30. The van der Waals surface area contributed by atoms with Gasteiger partial charge in [0.25, 0.3) is 5.91 Å². The molecule has 0 aliphatic carbocycles. The molecule has 4 rings (SSSR count). The lowest BCUT2D eigenvalue weighted by Crippen LogP contribution is -2.48. The molecule has 208 valence electrons. The molecule has 3 amide bonds. The van der Waals surface area contributed by atoms with Crippen LogP contribution in [0.2, 0.25) is 0 Å². The van der Waals surface area contributed by atoms with Gasteiger partial charge in [0.1, 0.15) is 5.60 Å². The molecule has 2 N–H and O–H groups in total. The standard InChI is InChI=1S/C29H38N6O4/c1-7-24-23(25-30-18(2)16-19(3)35(25)33-24)17-20-8-10-21(11-9-20)26(36)31-32-27(37)22-12-14-34(15-13-22)28(38)39-29(4,5)6/h8-11,16,22H,7,12-15,17H2,1-6H3,(H,31,36)(H,32,37). The minimum atomic E-state index is -0.560. The van der Waals surface area contributed by atoms with Gasteiger partial charge in [0.05, 0.1) is 5.69 Å². The summed E-state index contributed by atoms with van der Waals surface area (Å²) in [5.41, 5.74) is 10.9. The third-order valence-corrected chi connectivity index (χ3v) is 6.82. The Morgan fingerprint density at radius 2 is 1.72 bits per heavy atom. The quantitative estimate of drug-likeness (QED) is 0.480. The molecule has 0 bridgehead atoms. The fourth-order valence-corrected chi connectivity index (χ4v) is 4.80. The van der Waals surface area contributed by atoms with E-state index in [0.717, 1.165) is 40.3 Å². The summed E-state index contributed by atoms with van der Waals surface area (Å²) in [7, 11) is 0. The van der Waals surface area contributed by atoms with Gasteiger partial charge in [-0.15, -0.1) is 0 Å². The number of carbonyl (C=O) groups excluding carboxylic acids is 3. The second-order valence-electron chi connectivity index (χ2n) is 11.1. The van der Waals surface area contributed by atoms with Crippen LogP contribution in [0, 0.1) is 19.8 Å². The lowest BCUT2D eigenvalue weighted by Gasteiger charge is -2.32. The zero-order valence-electron chi connectivity index (χ0n) is 23.6. The molecule has 0 spiro atoms. The predicted molar refractivity (Wildman–Crippen MR) is 147 cm³/mol. The molecule has 0 radical (unpaired) electrons. The maximum atomic E-state index is 12.7. The van der Waals surface area contributed by atoms with Crippen molar-refractivity contribution < 1.29 is 19.1 Å². The molecule has 1 fully saturated rings. The van der Waals surface area contributed by atoms with Gasteiger partial charge >= 0.3 is 6.09 Å². The van der Waals surface area contributed by atoms with Crippen molar-refractivity contribution in [3.05, 3.63) is 64.1 Å². The number of piperidine rings is 1. The molecule has 3 heterocycles. The van der Waals surface area contributed by atoms with Crippen LogP contribution in [0.1, 0.15) is 79.1 Å². The number of aromatic nitrogens is 3. The topological polar surface area (TPSA) is 118 Å². The van der Waals surface area contributed by atoms with Crippen molar-refractivity contribution in [2.45, 2.75) is 72.8 Å². The number of likely N-dealkylation sites (tertiary alicyclic amines) is 1. The molecule has 1 aromatic carbocycles. The van der Waals surface area contributed by atoms with E-state index in [1.807, 2.05) is 57.3 Å². The van der Waals surface area contributed by atoms with Crippen molar-refractivity contribution in [3.8, 4) is 0 Å². The van der Waals surface area contributed by atoms with E-state index in [1.54, 1.807) is 17.0 Å². The summed E-state index contributed by atoms with van der Waals surface area (Å²) < 4.78 is 7.30. The molecule has 1 aliphatic heterocycles. The Hall–Kier alpha value is -3.95. The van der Waals surface area contributed by atoms with Gasteiger partial charge in [-0.2, -0.15) is 5.10 Å². The van der Waals surface area contributed by atoms with Gasteiger partial charge in [0.2, 0.25) is 5.91 Å². The average Bonchev–Trinajstić information content (AvgIpc) is 3.24. The summed E-state index contributed by atoms with van der Waals surface area (Å²) in [5.74, 6) is -0.938. The Kier molecular flexibility index (Phi) is 8.22. The minimum absolute atomic E-state index is 0.262. The Morgan fingerprint density at radius 3 is 2.33 bits per heavy atom. The monoisotopic (exact) mass is 534 g/mol. The summed E-state index contributed by atoms with van der Waals surface area (Å²) in [6, 6.07) is 9.33. The van der Waals surface area contributed by atoms with E-state index in [9.17, 15) is 14.4 Å². The van der Waals surface area contributed by atoms with E-state index in [2.05, 4.69) is 17.8 Å². The van der Waals surface area contributed by atoms with Crippen LogP contribution in [0.3, 0.4) is 0 Å². The lowest BCUT2D eigenvalue weighted by atomic mass is 9.96. The fourth-order valence-electron chi connectivity index (χ4n) is 4.80. The number of hydrogen-bond donors (Lipinski definition) is 2.